The number of carbonyl (C=O) groups is 1. The fourth-order valence-corrected chi connectivity index (χ4v) is 5.27. The average molecular weight is 411 g/mol. The lowest BCUT2D eigenvalue weighted by Gasteiger charge is -2.32. The van der Waals surface area contributed by atoms with Crippen LogP contribution in [-0.2, 0) is 0 Å². The Kier molecular flexibility index (Phi) is 5.60. The topological polar surface area (TPSA) is 40.5 Å². The number of halogens is 2. The number of hydrogen-bond donors (Lipinski definition) is 1. The maximum Gasteiger partial charge on any atom is 0.178 e. The van der Waals surface area contributed by atoms with Gasteiger partial charge in [-0.3, -0.25) is 9.69 Å². The molecular formula is C13H17Br2NO2S. The van der Waals surface area contributed by atoms with Crippen LogP contribution in [0.1, 0.15) is 30.1 Å². The van der Waals surface area contributed by atoms with Crippen molar-refractivity contribution >= 4 is 49.0 Å². The Bertz CT molecular complexity index is 453. The molecule has 1 atom stereocenters. The number of likely N-dealkylation sites (tertiary alicyclic amines) is 1. The molecule has 0 aromatic carbocycles. The summed E-state index contributed by atoms with van der Waals surface area (Å²) in [6.07, 6.45) is 1.71. The third-order valence-corrected chi connectivity index (χ3v) is 5.98. The second kappa shape index (κ2) is 6.80. The molecule has 19 heavy (non-hydrogen) atoms. The highest BCUT2D eigenvalue weighted by molar-refractivity contribution is 9.12. The molecule has 1 N–H and O–H groups in total. The molecule has 1 fully saturated rings. The minimum absolute atomic E-state index is 0.157. The standard InChI is InChI=1S/C13H17Br2NO2S/c1-8(17)9-2-4-16(5-3-9)7-11(18)10-6-12(14)19-13(10)15/h6,8-9,17H,2-5,7H2,1H3. The molecule has 0 spiro atoms. The van der Waals surface area contributed by atoms with Gasteiger partial charge in [0.25, 0.3) is 0 Å². The number of rotatable bonds is 4. The Morgan fingerprint density at radius 2 is 2.16 bits per heavy atom. The summed E-state index contributed by atoms with van der Waals surface area (Å²) in [5, 5.41) is 9.57. The van der Waals surface area contributed by atoms with Crippen molar-refractivity contribution < 1.29 is 9.90 Å². The second-order valence-electron chi connectivity index (χ2n) is 5.02. The number of carbonyl (C=O) groups excluding carboxylic acids is 1. The van der Waals surface area contributed by atoms with E-state index in [0.29, 0.717) is 12.5 Å². The van der Waals surface area contributed by atoms with Crippen LogP contribution in [0.4, 0.5) is 0 Å². The zero-order valence-electron chi connectivity index (χ0n) is 10.7. The number of hydrogen-bond acceptors (Lipinski definition) is 4. The van der Waals surface area contributed by atoms with Gasteiger partial charge in [-0.05, 0) is 76.7 Å². The summed E-state index contributed by atoms with van der Waals surface area (Å²) in [6.45, 7) is 4.11. The summed E-state index contributed by atoms with van der Waals surface area (Å²) in [5.74, 6) is 0.540. The van der Waals surface area contributed by atoms with E-state index >= 15 is 0 Å². The lowest BCUT2D eigenvalue weighted by Crippen LogP contribution is -2.39. The molecule has 2 rings (SSSR count). The molecule has 0 bridgehead atoms. The van der Waals surface area contributed by atoms with Gasteiger partial charge in [0, 0.05) is 5.56 Å². The van der Waals surface area contributed by atoms with Crippen molar-refractivity contribution in [2.45, 2.75) is 25.9 Å². The maximum absolute atomic E-state index is 12.2. The van der Waals surface area contributed by atoms with E-state index in [1.165, 1.54) is 11.3 Å². The zero-order valence-corrected chi connectivity index (χ0v) is 14.7. The van der Waals surface area contributed by atoms with Gasteiger partial charge < -0.3 is 5.11 Å². The summed E-state index contributed by atoms with van der Waals surface area (Å²) < 4.78 is 1.86. The first-order valence-corrected chi connectivity index (χ1v) is 8.76. The van der Waals surface area contributed by atoms with Crippen LogP contribution in [0.5, 0.6) is 0 Å². The predicted molar refractivity (Wildman–Crippen MR) is 84.9 cm³/mol. The monoisotopic (exact) mass is 409 g/mol. The Morgan fingerprint density at radius 3 is 2.63 bits per heavy atom. The van der Waals surface area contributed by atoms with Crippen molar-refractivity contribution in [3.63, 3.8) is 0 Å². The Balaban J connectivity index is 1.89. The number of Topliss-reactive ketones (excluding diaryl/α,β-unsaturated/α-hetero) is 1. The highest BCUT2D eigenvalue weighted by atomic mass is 79.9. The molecule has 0 amide bonds. The van der Waals surface area contributed by atoms with Gasteiger partial charge in [-0.25, -0.2) is 0 Å². The van der Waals surface area contributed by atoms with Crippen molar-refractivity contribution in [2.75, 3.05) is 19.6 Å². The molecule has 2 heterocycles. The van der Waals surface area contributed by atoms with Gasteiger partial charge in [-0.1, -0.05) is 0 Å². The van der Waals surface area contributed by atoms with Crippen LogP contribution in [-0.4, -0.2) is 41.5 Å². The minimum atomic E-state index is -0.236. The summed E-state index contributed by atoms with van der Waals surface area (Å²) in [7, 11) is 0. The molecule has 1 aliphatic rings. The molecule has 1 saturated heterocycles. The first-order valence-electron chi connectivity index (χ1n) is 6.36. The highest BCUT2D eigenvalue weighted by Gasteiger charge is 2.24. The highest BCUT2D eigenvalue weighted by Crippen LogP contribution is 2.32. The normalized spacial score (nSPS) is 19.6. The molecular weight excluding hydrogens is 394 g/mol. The molecule has 0 radical (unpaired) electrons. The van der Waals surface area contributed by atoms with E-state index in [2.05, 4.69) is 36.8 Å². The van der Waals surface area contributed by atoms with Crippen LogP contribution >= 0.6 is 43.2 Å². The van der Waals surface area contributed by atoms with Gasteiger partial charge in [-0.15, -0.1) is 11.3 Å². The first kappa shape index (κ1) is 15.6. The Labute approximate surface area is 134 Å². The maximum atomic E-state index is 12.2. The van der Waals surface area contributed by atoms with Crippen LogP contribution in [0.3, 0.4) is 0 Å². The van der Waals surface area contributed by atoms with Crippen LogP contribution < -0.4 is 0 Å². The molecule has 3 nitrogen and oxygen atoms in total. The molecule has 1 aromatic heterocycles. The SMILES string of the molecule is CC(O)C1CCN(CC(=O)c2cc(Br)sc2Br)CC1. The van der Waals surface area contributed by atoms with E-state index < -0.39 is 0 Å². The molecule has 1 aromatic rings. The molecule has 1 unspecified atom stereocenters. The third kappa shape index (κ3) is 4.11. The lowest BCUT2D eigenvalue weighted by molar-refractivity contribution is 0.0664. The smallest absolute Gasteiger partial charge is 0.178 e. The average Bonchev–Trinajstić information content (AvgIpc) is 2.69. The predicted octanol–water partition coefficient (Wildman–Crippen LogP) is 3.55. The van der Waals surface area contributed by atoms with Crippen molar-refractivity contribution in [1.82, 2.24) is 4.90 Å². The lowest BCUT2D eigenvalue weighted by atomic mass is 9.92. The summed E-state index contributed by atoms with van der Waals surface area (Å²) >= 11 is 8.35. The number of thiophene rings is 1. The van der Waals surface area contributed by atoms with Crippen LogP contribution in [0.2, 0.25) is 0 Å². The van der Waals surface area contributed by atoms with Gasteiger partial charge in [0.1, 0.15) is 0 Å². The van der Waals surface area contributed by atoms with Gasteiger partial charge in [0.05, 0.1) is 20.2 Å². The van der Waals surface area contributed by atoms with E-state index in [-0.39, 0.29) is 11.9 Å². The number of aliphatic hydroxyl groups excluding tert-OH is 1. The van der Waals surface area contributed by atoms with Gasteiger partial charge in [-0.2, -0.15) is 0 Å². The fraction of sp³-hybridized carbons (Fsp3) is 0.615. The summed E-state index contributed by atoms with van der Waals surface area (Å²) in [6, 6.07) is 1.87. The van der Waals surface area contributed by atoms with Crippen molar-refractivity contribution in [3.8, 4) is 0 Å². The zero-order chi connectivity index (χ0) is 14.0. The third-order valence-electron chi connectivity index (χ3n) is 3.64. The Morgan fingerprint density at radius 1 is 1.53 bits per heavy atom. The van der Waals surface area contributed by atoms with Crippen molar-refractivity contribution in [1.29, 1.82) is 0 Å². The summed E-state index contributed by atoms with van der Waals surface area (Å²) in [5.41, 5.74) is 0.759. The molecule has 6 heteroatoms. The van der Waals surface area contributed by atoms with Crippen molar-refractivity contribution in [2.24, 2.45) is 5.92 Å². The largest absolute Gasteiger partial charge is 0.393 e. The molecule has 0 saturated carbocycles. The second-order valence-corrected chi connectivity index (χ2v) is 8.76. The van der Waals surface area contributed by atoms with E-state index in [4.69, 9.17) is 0 Å². The van der Waals surface area contributed by atoms with E-state index in [0.717, 1.165) is 39.1 Å². The van der Waals surface area contributed by atoms with E-state index in [9.17, 15) is 9.90 Å². The van der Waals surface area contributed by atoms with Gasteiger partial charge >= 0.3 is 0 Å². The molecule has 106 valence electrons. The Hall–Kier alpha value is 0.250. The quantitative estimate of drug-likeness (QED) is 0.771. The number of ketones is 1. The van der Waals surface area contributed by atoms with E-state index in [1.807, 2.05) is 13.0 Å². The van der Waals surface area contributed by atoms with Crippen LogP contribution in [0.25, 0.3) is 0 Å². The van der Waals surface area contributed by atoms with Crippen molar-refractivity contribution in [3.05, 3.63) is 19.2 Å². The minimum Gasteiger partial charge on any atom is -0.393 e. The first-order chi connectivity index (χ1) is 8.97. The van der Waals surface area contributed by atoms with Crippen LogP contribution in [0, 0.1) is 5.92 Å². The number of piperidine rings is 1. The molecule has 0 aliphatic carbocycles. The fourth-order valence-electron chi connectivity index (χ4n) is 2.41. The van der Waals surface area contributed by atoms with Gasteiger partial charge in [0.15, 0.2) is 5.78 Å². The van der Waals surface area contributed by atoms with Gasteiger partial charge in [0.2, 0.25) is 0 Å². The number of aliphatic hydroxyl groups is 1. The van der Waals surface area contributed by atoms with Crippen LogP contribution in [0.15, 0.2) is 13.6 Å². The molecule has 1 aliphatic heterocycles. The van der Waals surface area contributed by atoms with E-state index in [1.54, 1.807) is 0 Å². The summed E-state index contributed by atoms with van der Waals surface area (Å²) in [4.78, 5) is 14.4. The number of nitrogens with zero attached hydrogens (tertiary/aromatic N) is 1.